The second-order valence-electron chi connectivity index (χ2n) is 8.18. The number of halogens is 1. The Balaban J connectivity index is 1.56. The van der Waals surface area contributed by atoms with E-state index < -0.39 is 0 Å². The first-order chi connectivity index (χ1) is 15.3. The van der Waals surface area contributed by atoms with Crippen LogP contribution in [0.25, 0.3) is 21.9 Å². The van der Waals surface area contributed by atoms with Gasteiger partial charge in [-0.1, -0.05) is 24.3 Å². The smallest absolute Gasteiger partial charge is 0.256 e. The number of likely N-dealkylation sites (N-methyl/N-ethyl adjacent to an activating group) is 1. The van der Waals surface area contributed by atoms with Crippen LogP contribution in [0, 0.1) is 5.82 Å². The lowest BCUT2D eigenvalue weighted by Gasteiger charge is -2.34. The van der Waals surface area contributed by atoms with Gasteiger partial charge in [0, 0.05) is 51.9 Å². The average Bonchev–Trinajstić information content (AvgIpc) is 2.79. The zero-order valence-electron chi connectivity index (χ0n) is 18.2. The van der Waals surface area contributed by atoms with Gasteiger partial charge in [0.25, 0.3) is 5.91 Å². The van der Waals surface area contributed by atoms with E-state index >= 15 is 0 Å². The third kappa shape index (κ3) is 4.40. The third-order valence-electron chi connectivity index (χ3n) is 5.82. The fraction of sp³-hybridized carbons (Fsp3) is 0.292. The summed E-state index contributed by atoms with van der Waals surface area (Å²) in [5, 5.41) is 1.38. The fourth-order valence-corrected chi connectivity index (χ4v) is 3.89. The Morgan fingerprint density at radius 2 is 1.75 bits per heavy atom. The van der Waals surface area contributed by atoms with Crippen LogP contribution in [0.3, 0.4) is 0 Å². The van der Waals surface area contributed by atoms with Gasteiger partial charge in [-0.15, -0.1) is 0 Å². The molecule has 1 aliphatic rings. The summed E-state index contributed by atoms with van der Waals surface area (Å²) in [7, 11) is 3.47. The lowest BCUT2D eigenvalue weighted by atomic mass is 9.99. The molecule has 7 nitrogen and oxygen atoms in total. The van der Waals surface area contributed by atoms with Gasteiger partial charge in [0.15, 0.2) is 0 Å². The van der Waals surface area contributed by atoms with Crippen molar-refractivity contribution in [2.45, 2.75) is 0 Å². The quantitative estimate of drug-likeness (QED) is 0.681. The maximum Gasteiger partial charge on any atom is 0.256 e. The molecule has 0 unspecified atom stereocenters. The van der Waals surface area contributed by atoms with Crippen LogP contribution in [0.15, 0.2) is 48.7 Å². The van der Waals surface area contributed by atoms with E-state index in [1.165, 1.54) is 18.3 Å². The molecule has 0 atom stereocenters. The number of fused-ring (bicyclic) bond motifs is 1. The highest BCUT2D eigenvalue weighted by atomic mass is 19.1. The number of aromatic nitrogens is 1. The molecule has 1 aliphatic heterocycles. The van der Waals surface area contributed by atoms with Crippen LogP contribution in [0.4, 0.5) is 10.2 Å². The number of carbonyl (C=O) groups excluding carboxylic acids is 2. The number of carbonyl (C=O) groups is 2. The van der Waals surface area contributed by atoms with Crippen LogP contribution in [0.1, 0.15) is 10.4 Å². The van der Waals surface area contributed by atoms with Crippen LogP contribution in [-0.4, -0.2) is 78.3 Å². The molecule has 1 fully saturated rings. The van der Waals surface area contributed by atoms with Crippen molar-refractivity contribution in [3.05, 3.63) is 60.0 Å². The third-order valence-corrected chi connectivity index (χ3v) is 5.82. The predicted molar refractivity (Wildman–Crippen MR) is 123 cm³/mol. The molecule has 2 aromatic carbocycles. The van der Waals surface area contributed by atoms with E-state index in [0.29, 0.717) is 54.9 Å². The fourth-order valence-electron chi connectivity index (χ4n) is 3.89. The molecule has 0 aliphatic carbocycles. The predicted octanol–water partition coefficient (Wildman–Crippen LogP) is 2.47. The number of hydrogen-bond donors (Lipinski definition) is 1. The van der Waals surface area contributed by atoms with Gasteiger partial charge in [-0.3, -0.25) is 14.5 Å². The molecule has 0 saturated carbocycles. The first-order valence-electron chi connectivity index (χ1n) is 10.5. The van der Waals surface area contributed by atoms with Gasteiger partial charge >= 0.3 is 0 Å². The number of nitrogens with two attached hydrogens (primary N) is 1. The van der Waals surface area contributed by atoms with Gasteiger partial charge in [0.05, 0.1) is 12.1 Å². The Hall–Kier alpha value is -3.52. The molecular weight excluding hydrogens is 409 g/mol. The summed E-state index contributed by atoms with van der Waals surface area (Å²) in [6.07, 6.45) is 1.52. The van der Waals surface area contributed by atoms with Crippen molar-refractivity contribution in [3.63, 3.8) is 0 Å². The number of nitrogen functional groups attached to an aromatic ring is 1. The summed E-state index contributed by atoms with van der Waals surface area (Å²) in [5.74, 6) is -0.0573. The number of amides is 2. The minimum atomic E-state index is -0.316. The van der Waals surface area contributed by atoms with Crippen molar-refractivity contribution in [2.75, 3.05) is 52.6 Å². The van der Waals surface area contributed by atoms with Gasteiger partial charge in [0.1, 0.15) is 11.6 Å². The molecule has 8 heteroatoms. The maximum atomic E-state index is 13.6. The van der Waals surface area contributed by atoms with Crippen LogP contribution in [0.5, 0.6) is 0 Å². The molecule has 2 amide bonds. The summed E-state index contributed by atoms with van der Waals surface area (Å²) in [5.41, 5.74) is 8.13. The van der Waals surface area contributed by atoms with E-state index in [2.05, 4.69) is 9.88 Å². The van der Waals surface area contributed by atoms with E-state index in [1.807, 2.05) is 24.3 Å². The highest BCUT2D eigenvalue weighted by Gasteiger charge is 2.25. The number of piperazine rings is 1. The average molecular weight is 436 g/mol. The van der Waals surface area contributed by atoms with Gasteiger partial charge in [-0.2, -0.15) is 0 Å². The summed E-state index contributed by atoms with van der Waals surface area (Å²) >= 11 is 0. The molecule has 0 radical (unpaired) electrons. The van der Waals surface area contributed by atoms with Crippen molar-refractivity contribution in [1.82, 2.24) is 19.7 Å². The standard InChI is InChI=1S/C24H26FN5O2/c1-28(2)22(31)15-29-8-10-30(11-9-29)24(32)21-14-27-23(26)20-13-17(6-7-19(20)21)16-4-3-5-18(25)12-16/h3-7,12-14H,8-11,15H2,1-2H3,(H2,26,27). The summed E-state index contributed by atoms with van der Waals surface area (Å²) < 4.78 is 13.6. The van der Waals surface area contributed by atoms with Gasteiger partial charge in [-0.25, -0.2) is 9.37 Å². The Kier molecular flexibility index (Phi) is 6.05. The molecule has 166 valence electrons. The highest BCUT2D eigenvalue weighted by molar-refractivity contribution is 6.09. The summed E-state index contributed by atoms with van der Waals surface area (Å²) in [4.78, 5) is 34.9. The molecular formula is C24H26FN5O2. The zero-order chi connectivity index (χ0) is 22.8. The second-order valence-corrected chi connectivity index (χ2v) is 8.18. The number of pyridine rings is 1. The largest absolute Gasteiger partial charge is 0.383 e. The SMILES string of the molecule is CN(C)C(=O)CN1CCN(C(=O)c2cnc(N)c3cc(-c4cccc(F)c4)ccc23)CC1. The van der Waals surface area contributed by atoms with Gasteiger partial charge in [0.2, 0.25) is 5.91 Å². The minimum absolute atomic E-state index is 0.0487. The van der Waals surface area contributed by atoms with E-state index in [1.54, 1.807) is 30.0 Å². The highest BCUT2D eigenvalue weighted by Crippen LogP contribution is 2.30. The molecule has 1 saturated heterocycles. The first kappa shape index (κ1) is 21.7. The molecule has 4 rings (SSSR count). The van der Waals surface area contributed by atoms with Crippen molar-refractivity contribution < 1.29 is 14.0 Å². The molecule has 1 aromatic heterocycles. The van der Waals surface area contributed by atoms with Crippen molar-refractivity contribution >= 4 is 28.4 Å². The Labute approximate surface area is 186 Å². The lowest BCUT2D eigenvalue weighted by molar-refractivity contribution is -0.130. The molecule has 0 spiro atoms. The maximum absolute atomic E-state index is 13.6. The number of rotatable bonds is 4. The Bertz CT molecular complexity index is 1170. The number of nitrogens with zero attached hydrogens (tertiary/aromatic N) is 4. The van der Waals surface area contributed by atoms with E-state index in [4.69, 9.17) is 5.73 Å². The Morgan fingerprint density at radius 1 is 1.03 bits per heavy atom. The lowest BCUT2D eigenvalue weighted by Crippen LogP contribution is -2.51. The van der Waals surface area contributed by atoms with Crippen LogP contribution < -0.4 is 5.73 Å². The van der Waals surface area contributed by atoms with Gasteiger partial charge in [-0.05, 0) is 34.7 Å². The molecule has 2 N–H and O–H groups in total. The second kappa shape index (κ2) is 8.92. The Morgan fingerprint density at radius 3 is 2.44 bits per heavy atom. The van der Waals surface area contributed by atoms with E-state index in [0.717, 1.165) is 11.1 Å². The van der Waals surface area contributed by atoms with E-state index in [-0.39, 0.29) is 17.6 Å². The molecule has 2 heterocycles. The van der Waals surface area contributed by atoms with E-state index in [9.17, 15) is 14.0 Å². The molecule has 32 heavy (non-hydrogen) atoms. The summed E-state index contributed by atoms with van der Waals surface area (Å²) in [6.45, 7) is 2.69. The molecule has 0 bridgehead atoms. The van der Waals surface area contributed by atoms with Crippen LogP contribution >= 0.6 is 0 Å². The van der Waals surface area contributed by atoms with Crippen molar-refractivity contribution in [2.24, 2.45) is 0 Å². The van der Waals surface area contributed by atoms with Gasteiger partial charge < -0.3 is 15.5 Å². The molecule has 3 aromatic rings. The topological polar surface area (TPSA) is 82.8 Å². The van der Waals surface area contributed by atoms with Crippen LogP contribution in [0.2, 0.25) is 0 Å². The minimum Gasteiger partial charge on any atom is -0.383 e. The monoisotopic (exact) mass is 435 g/mol. The van der Waals surface area contributed by atoms with Crippen LogP contribution in [-0.2, 0) is 4.79 Å². The normalized spacial score (nSPS) is 14.5. The van der Waals surface area contributed by atoms with Crippen molar-refractivity contribution in [1.29, 1.82) is 0 Å². The summed E-state index contributed by atoms with van der Waals surface area (Å²) in [6, 6.07) is 11.9. The number of benzene rings is 2. The number of hydrogen-bond acceptors (Lipinski definition) is 5. The number of anilines is 1. The first-order valence-corrected chi connectivity index (χ1v) is 10.5. The zero-order valence-corrected chi connectivity index (χ0v) is 18.2. The van der Waals surface area contributed by atoms with Crippen molar-refractivity contribution in [3.8, 4) is 11.1 Å².